The molecule has 0 spiro atoms. The molecule has 4 nitrogen and oxygen atoms in total. The van der Waals surface area contributed by atoms with E-state index in [-0.39, 0.29) is 5.75 Å². The minimum Gasteiger partial charge on any atom is -0.507 e. The molecule has 0 amide bonds. The number of benzene rings is 2. The Morgan fingerprint density at radius 1 is 1.20 bits per heavy atom. The summed E-state index contributed by atoms with van der Waals surface area (Å²) in [6.45, 7) is 0. The van der Waals surface area contributed by atoms with E-state index in [4.69, 9.17) is 4.55 Å². The average molecular weight is 223 g/mol. The van der Waals surface area contributed by atoms with Gasteiger partial charge in [-0.3, -0.25) is 4.55 Å². The summed E-state index contributed by atoms with van der Waals surface area (Å²) in [5.74, 6) is -0.291. The molecule has 0 atom stereocenters. The summed E-state index contributed by atoms with van der Waals surface area (Å²) >= 11 is 0. The summed E-state index contributed by atoms with van der Waals surface area (Å²) in [5, 5.41) is 10.5. The number of hydrogen-bond donors (Lipinski definition) is 2. The smallest absolute Gasteiger partial charge is 0.295 e. The number of fused-ring (bicyclic) bond motifs is 1. The second-order valence-electron chi connectivity index (χ2n) is 3.04. The Bertz CT molecular complexity index is 616. The van der Waals surface area contributed by atoms with Gasteiger partial charge in [0.15, 0.2) is 0 Å². The molecule has 0 aliphatic carbocycles. The predicted molar refractivity (Wildman–Crippen MR) is 54.3 cm³/mol. The van der Waals surface area contributed by atoms with Gasteiger partial charge in [-0.1, -0.05) is 24.3 Å². The van der Waals surface area contributed by atoms with Gasteiger partial charge in [0.05, 0.1) is 6.07 Å². The highest BCUT2D eigenvalue weighted by Crippen LogP contribution is 2.27. The summed E-state index contributed by atoms with van der Waals surface area (Å²) < 4.78 is 30.5. The van der Waals surface area contributed by atoms with Crippen molar-refractivity contribution < 1.29 is 18.1 Å². The standard InChI is InChI=1S/C10H7O4S/c11-10-6-8(15(12,13)14)5-7-3-1-2-4-9(7)10/h1-5,11H,(H,12,13,14). The summed E-state index contributed by atoms with van der Waals surface area (Å²) in [6, 6.07) is 10.1. The van der Waals surface area contributed by atoms with Crippen molar-refractivity contribution in [3.8, 4) is 5.75 Å². The van der Waals surface area contributed by atoms with E-state index < -0.39 is 15.0 Å². The second kappa shape index (κ2) is 3.22. The normalized spacial score (nSPS) is 11.8. The van der Waals surface area contributed by atoms with Gasteiger partial charge in [0.1, 0.15) is 10.6 Å². The highest BCUT2D eigenvalue weighted by molar-refractivity contribution is 7.85. The first-order chi connectivity index (χ1) is 6.98. The van der Waals surface area contributed by atoms with Crippen molar-refractivity contribution in [2.24, 2.45) is 0 Å². The summed E-state index contributed by atoms with van der Waals surface area (Å²) in [4.78, 5) is -0.432. The third kappa shape index (κ3) is 1.79. The van der Waals surface area contributed by atoms with Crippen LogP contribution in [0.2, 0.25) is 0 Å². The molecular weight excluding hydrogens is 216 g/mol. The zero-order chi connectivity index (χ0) is 11.1. The van der Waals surface area contributed by atoms with Gasteiger partial charge in [0.2, 0.25) is 0 Å². The zero-order valence-corrected chi connectivity index (χ0v) is 8.32. The van der Waals surface area contributed by atoms with Crippen LogP contribution in [0.25, 0.3) is 10.8 Å². The van der Waals surface area contributed by atoms with Gasteiger partial charge in [-0.15, -0.1) is 0 Å². The molecule has 0 aromatic heterocycles. The predicted octanol–water partition coefficient (Wildman–Crippen LogP) is 1.59. The molecule has 0 fully saturated rings. The lowest BCUT2D eigenvalue weighted by Crippen LogP contribution is -1.98. The first-order valence-electron chi connectivity index (χ1n) is 4.10. The van der Waals surface area contributed by atoms with E-state index >= 15 is 0 Å². The molecule has 2 N–H and O–H groups in total. The number of phenols is 1. The monoisotopic (exact) mass is 223 g/mol. The van der Waals surface area contributed by atoms with Crippen LogP contribution in [0.3, 0.4) is 0 Å². The fraction of sp³-hybridized carbons (Fsp3) is 0. The molecule has 0 aliphatic heterocycles. The van der Waals surface area contributed by atoms with Crippen LogP contribution >= 0.6 is 0 Å². The number of rotatable bonds is 1. The van der Waals surface area contributed by atoms with Crippen molar-refractivity contribution in [3.63, 3.8) is 0 Å². The molecular formula is C10H7O4S. The Morgan fingerprint density at radius 3 is 2.53 bits per heavy atom. The van der Waals surface area contributed by atoms with Crippen LogP contribution in [0, 0.1) is 6.07 Å². The van der Waals surface area contributed by atoms with E-state index in [1.807, 2.05) is 0 Å². The summed E-state index contributed by atoms with van der Waals surface area (Å²) in [7, 11) is -4.33. The van der Waals surface area contributed by atoms with E-state index in [0.717, 1.165) is 0 Å². The van der Waals surface area contributed by atoms with Gasteiger partial charge in [0.25, 0.3) is 10.1 Å². The van der Waals surface area contributed by atoms with Crippen molar-refractivity contribution in [2.45, 2.75) is 4.90 Å². The maximum absolute atomic E-state index is 10.8. The first kappa shape index (κ1) is 9.95. The Labute approximate surface area is 86.5 Å². The van der Waals surface area contributed by atoms with Gasteiger partial charge >= 0.3 is 0 Å². The van der Waals surface area contributed by atoms with E-state index in [0.29, 0.717) is 10.8 Å². The van der Waals surface area contributed by atoms with Crippen LogP contribution in [0.4, 0.5) is 0 Å². The highest BCUT2D eigenvalue weighted by Gasteiger charge is 2.13. The van der Waals surface area contributed by atoms with Crippen LogP contribution in [-0.4, -0.2) is 18.1 Å². The van der Waals surface area contributed by atoms with Gasteiger partial charge in [-0.2, -0.15) is 8.42 Å². The third-order valence-corrected chi connectivity index (χ3v) is 2.80. The molecule has 0 saturated carbocycles. The van der Waals surface area contributed by atoms with Gasteiger partial charge in [-0.05, 0) is 11.5 Å². The van der Waals surface area contributed by atoms with Crippen LogP contribution in [-0.2, 0) is 10.1 Å². The lowest BCUT2D eigenvalue weighted by Gasteiger charge is -2.02. The minimum absolute atomic E-state index is 0.291. The second-order valence-corrected chi connectivity index (χ2v) is 4.43. The van der Waals surface area contributed by atoms with E-state index in [2.05, 4.69) is 6.07 Å². The first-order valence-corrected chi connectivity index (χ1v) is 5.54. The molecule has 0 heterocycles. The Kier molecular flexibility index (Phi) is 2.13. The van der Waals surface area contributed by atoms with Crippen molar-refractivity contribution in [1.82, 2.24) is 0 Å². The molecule has 77 valence electrons. The fourth-order valence-electron chi connectivity index (χ4n) is 1.34. The van der Waals surface area contributed by atoms with Crippen LogP contribution in [0.5, 0.6) is 5.75 Å². The molecule has 15 heavy (non-hydrogen) atoms. The minimum atomic E-state index is -4.33. The Hall–Kier alpha value is -1.59. The fourth-order valence-corrected chi connectivity index (χ4v) is 1.84. The lowest BCUT2D eigenvalue weighted by atomic mass is 10.1. The number of hydrogen-bond acceptors (Lipinski definition) is 3. The largest absolute Gasteiger partial charge is 0.507 e. The molecule has 2 aromatic carbocycles. The Balaban J connectivity index is 2.85. The topological polar surface area (TPSA) is 74.6 Å². The van der Waals surface area contributed by atoms with Gasteiger partial charge < -0.3 is 5.11 Å². The van der Waals surface area contributed by atoms with Crippen LogP contribution < -0.4 is 0 Å². The SMILES string of the molecule is O=S(=O)(O)c1[c]c(O)c2ccccc2c1. The molecule has 2 rings (SSSR count). The van der Waals surface area contributed by atoms with E-state index in [9.17, 15) is 13.5 Å². The summed E-state index contributed by atoms with van der Waals surface area (Å²) in [5.41, 5.74) is 0. The third-order valence-electron chi connectivity index (χ3n) is 2.02. The summed E-state index contributed by atoms with van der Waals surface area (Å²) in [6.07, 6.45) is 0. The van der Waals surface area contributed by atoms with Crippen LogP contribution in [0.15, 0.2) is 35.2 Å². The average Bonchev–Trinajstić information content (AvgIpc) is 2.16. The van der Waals surface area contributed by atoms with E-state index in [1.165, 1.54) is 6.07 Å². The Morgan fingerprint density at radius 2 is 1.87 bits per heavy atom. The van der Waals surface area contributed by atoms with Crippen molar-refractivity contribution >= 4 is 20.9 Å². The molecule has 1 radical (unpaired) electrons. The molecule has 0 unspecified atom stereocenters. The number of phenolic OH excluding ortho intramolecular Hbond substituents is 1. The maximum atomic E-state index is 10.8. The molecule has 0 bridgehead atoms. The maximum Gasteiger partial charge on any atom is 0.295 e. The van der Waals surface area contributed by atoms with Gasteiger partial charge in [0, 0.05) is 5.39 Å². The molecule has 2 aromatic rings. The van der Waals surface area contributed by atoms with Gasteiger partial charge in [-0.25, -0.2) is 0 Å². The zero-order valence-electron chi connectivity index (χ0n) is 7.51. The van der Waals surface area contributed by atoms with Crippen molar-refractivity contribution in [2.75, 3.05) is 0 Å². The van der Waals surface area contributed by atoms with E-state index in [1.54, 1.807) is 24.3 Å². The highest BCUT2D eigenvalue weighted by atomic mass is 32.2. The molecule has 0 aliphatic rings. The molecule has 0 saturated heterocycles. The van der Waals surface area contributed by atoms with Crippen molar-refractivity contribution in [1.29, 1.82) is 0 Å². The van der Waals surface area contributed by atoms with Crippen molar-refractivity contribution in [3.05, 3.63) is 36.4 Å². The lowest BCUT2D eigenvalue weighted by molar-refractivity contribution is 0.469. The molecule has 5 heteroatoms. The van der Waals surface area contributed by atoms with Crippen LogP contribution in [0.1, 0.15) is 0 Å². The quantitative estimate of drug-likeness (QED) is 0.720. The number of aromatic hydroxyl groups is 1.